The van der Waals surface area contributed by atoms with Crippen LogP contribution in [0.15, 0.2) is 24.3 Å². The second-order valence-electron chi connectivity index (χ2n) is 4.65. The fraction of sp³-hybridized carbons (Fsp3) is 0.600. The lowest BCUT2D eigenvalue weighted by atomic mass is 10.0. The summed E-state index contributed by atoms with van der Waals surface area (Å²) in [6.45, 7) is 5.55. The van der Waals surface area contributed by atoms with Crippen molar-refractivity contribution in [2.24, 2.45) is 0 Å². The van der Waals surface area contributed by atoms with Crippen LogP contribution in [0, 0.1) is 0 Å². The topological polar surface area (TPSA) is 30.5 Å². The van der Waals surface area contributed by atoms with E-state index < -0.39 is 0 Å². The Bertz CT molecular complexity index is 354. The minimum atomic E-state index is 0.407. The van der Waals surface area contributed by atoms with Gasteiger partial charge in [0, 0.05) is 31.2 Å². The van der Waals surface area contributed by atoms with Gasteiger partial charge in [0.25, 0.3) is 0 Å². The van der Waals surface area contributed by atoms with Crippen molar-refractivity contribution in [3.63, 3.8) is 0 Å². The molecule has 0 bridgehead atoms. The van der Waals surface area contributed by atoms with Gasteiger partial charge in [0.1, 0.15) is 5.75 Å². The largest absolute Gasteiger partial charge is 0.493 e. The van der Waals surface area contributed by atoms with Crippen LogP contribution in [0.3, 0.4) is 0 Å². The van der Waals surface area contributed by atoms with E-state index in [4.69, 9.17) is 9.47 Å². The zero-order chi connectivity index (χ0) is 12.6. The molecule has 1 heterocycles. The number of benzene rings is 1. The van der Waals surface area contributed by atoms with Crippen molar-refractivity contribution in [2.45, 2.75) is 32.2 Å². The fourth-order valence-electron chi connectivity index (χ4n) is 2.21. The highest BCUT2D eigenvalue weighted by Gasteiger charge is 2.19. The average Bonchev–Trinajstić information content (AvgIpc) is 2.43. The van der Waals surface area contributed by atoms with Crippen LogP contribution in [0.2, 0.25) is 0 Å². The van der Waals surface area contributed by atoms with Crippen molar-refractivity contribution >= 4 is 0 Å². The Morgan fingerprint density at radius 1 is 1.33 bits per heavy atom. The molecule has 1 unspecified atom stereocenters. The molecule has 1 atom stereocenters. The van der Waals surface area contributed by atoms with Crippen LogP contribution < -0.4 is 10.1 Å². The second kappa shape index (κ2) is 7.39. The van der Waals surface area contributed by atoms with E-state index in [1.807, 2.05) is 12.1 Å². The van der Waals surface area contributed by atoms with Gasteiger partial charge in [0.15, 0.2) is 0 Å². The molecular formula is C15H23NO2. The van der Waals surface area contributed by atoms with Crippen LogP contribution in [0.1, 0.15) is 37.8 Å². The lowest BCUT2D eigenvalue weighted by Crippen LogP contribution is -2.29. The van der Waals surface area contributed by atoms with Gasteiger partial charge < -0.3 is 14.8 Å². The summed E-state index contributed by atoms with van der Waals surface area (Å²) >= 11 is 0. The van der Waals surface area contributed by atoms with Crippen LogP contribution in [-0.2, 0) is 4.74 Å². The van der Waals surface area contributed by atoms with Gasteiger partial charge in [-0.2, -0.15) is 0 Å². The highest BCUT2D eigenvalue weighted by molar-refractivity contribution is 5.37. The number of hydrogen-bond acceptors (Lipinski definition) is 3. The molecule has 1 N–H and O–H groups in total. The molecule has 0 fully saturated rings. The molecule has 0 amide bonds. The summed E-state index contributed by atoms with van der Waals surface area (Å²) in [5.74, 6) is 1.02. The van der Waals surface area contributed by atoms with Gasteiger partial charge in [-0.15, -0.1) is 0 Å². The van der Waals surface area contributed by atoms with E-state index in [9.17, 15) is 0 Å². The Morgan fingerprint density at radius 2 is 2.22 bits per heavy atom. The molecule has 0 aliphatic carbocycles. The maximum atomic E-state index is 5.64. The van der Waals surface area contributed by atoms with Crippen LogP contribution in [0.4, 0.5) is 0 Å². The number of ether oxygens (including phenoxy) is 2. The fourth-order valence-corrected chi connectivity index (χ4v) is 2.21. The van der Waals surface area contributed by atoms with E-state index >= 15 is 0 Å². The van der Waals surface area contributed by atoms with E-state index in [-0.39, 0.29) is 0 Å². The Labute approximate surface area is 109 Å². The standard InChI is InChI=1S/C15H23NO2/c1-2-3-10-17-12-9-16-14-8-11-18-15-7-5-4-6-13(14)15/h4-7,14,16H,2-3,8-12H2,1H3. The third kappa shape index (κ3) is 3.72. The molecule has 100 valence electrons. The van der Waals surface area contributed by atoms with Gasteiger partial charge in [-0.25, -0.2) is 0 Å². The van der Waals surface area contributed by atoms with Crippen LogP contribution in [0.5, 0.6) is 5.75 Å². The zero-order valence-corrected chi connectivity index (χ0v) is 11.2. The molecule has 0 spiro atoms. The molecule has 2 rings (SSSR count). The molecule has 0 saturated heterocycles. The monoisotopic (exact) mass is 249 g/mol. The van der Waals surface area contributed by atoms with E-state index in [0.29, 0.717) is 6.04 Å². The molecular weight excluding hydrogens is 226 g/mol. The lowest BCUT2D eigenvalue weighted by Gasteiger charge is -2.26. The van der Waals surface area contributed by atoms with Crippen molar-refractivity contribution < 1.29 is 9.47 Å². The van der Waals surface area contributed by atoms with Gasteiger partial charge in [0.05, 0.1) is 13.2 Å². The molecule has 1 aromatic carbocycles. The van der Waals surface area contributed by atoms with Gasteiger partial charge in [-0.3, -0.25) is 0 Å². The summed E-state index contributed by atoms with van der Waals surface area (Å²) in [4.78, 5) is 0. The highest BCUT2D eigenvalue weighted by Crippen LogP contribution is 2.31. The lowest BCUT2D eigenvalue weighted by molar-refractivity contribution is 0.128. The second-order valence-corrected chi connectivity index (χ2v) is 4.65. The molecule has 0 radical (unpaired) electrons. The van der Waals surface area contributed by atoms with Gasteiger partial charge in [0.2, 0.25) is 0 Å². The van der Waals surface area contributed by atoms with Crippen molar-refractivity contribution in [3.05, 3.63) is 29.8 Å². The maximum Gasteiger partial charge on any atom is 0.124 e. The number of nitrogens with one attached hydrogen (secondary N) is 1. The molecule has 1 aliphatic rings. The van der Waals surface area contributed by atoms with E-state index in [1.54, 1.807) is 0 Å². The van der Waals surface area contributed by atoms with Gasteiger partial charge in [-0.05, 0) is 12.5 Å². The van der Waals surface area contributed by atoms with Crippen molar-refractivity contribution in [1.29, 1.82) is 0 Å². The summed E-state index contributed by atoms with van der Waals surface area (Å²) in [6.07, 6.45) is 3.38. The number of unbranched alkanes of at least 4 members (excludes halogenated alkanes) is 1. The first-order valence-corrected chi connectivity index (χ1v) is 6.94. The van der Waals surface area contributed by atoms with Crippen molar-refractivity contribution in [3.8, 4) is 5.75 Å². The first-order valence-electron chi connectivity index (χ1n) is 6.94. The third-order valence-corrected chi connectivity index (χ3v) is 3.24. The normalized spacial score (nSPS) is 18.2. The van der Waals surface area contributed by atoms with Crippen LogP contribution in [-0.4, -0.2) is 26.4 Å². The van der Waals surface area contributed by atoms with Crippen LogP contribution in [0.25, 0.3) is 0 Å². The maximum absolute atomic E-state index is 5.64. The number of rotatable bonds is 7. The minimum Gasteiger partial charge on any atom is -0.493 e. The van der Waals surface area contributed by atoms with Crippen molar-refractivity contribution in [2.75, 3.05) is 26.4 Å². The summed E-state index contributed by atoms with van der Waals surface area (Å²) < 4.78 is 11.2. The summed E-state index contributed by atoms with van der Waals surface area (Å²) in [7, 11) is 0. The number of fused-ring (bicyclic) bond motifs is 1. The van der Waals surface area contributed by atoms with E-state index in [0.717, 1.165) is 45.0 Å². The molecule has 0 aromatic heterocycles. The highest BCUT2D eigenvalue weighted by atomic mass is 16.5. The quantitative estimate of drug-likeness (QED) is 0.754. The average molecular weight is 249 g/mol. The summed E-state index contributed by atoms with van der Waals surface area (Å²) in [5, 5.41) is 3.55. The summed E-state index contributed by atoms with van der Waals surface area (Å²) in [5.41, 5.74) is 1.28. The molecule has 18 heavy (non-hydrogen) atoms. The number of hydrogen-bond donors (Lipinski definition) is 1. The minimum absolute atomic E-state index is 0.407. The summed E-state index contributed by atoms with van der Waals surface area (Å²) in [6, 6.07) is 8.68. The Hall–Kier alpha value is -1.06. The number of para-hydroxylation sites is 1. The molecule has 1 aliphatic heterocycles. The SMILES string of the molecule is CCCCOCCNC1CCOc2ccccc21. The predicted molar refractivity (Wildman–Crippen MR) is 73.0 cm³/mol. The molecule has 1 aromatic rings. The Morgan fingerprint density at radius 3 is 3.11 bits per heavy atom. The Kier molecular flexibility index (Phi) is 5.49. The zero-order valence-electron chi connectivity index (χ0n) is 11.2. The third-order valence-electron chi connectivity index (χ3n) is 3.24. The Balaban J connectivity index is 1.74. The van der Waals surface area contributed by atoms with Gasteiger partial charge >= 0.3 is 0 Å². The first kappa shape index (κ1) is 13.4. The van der Waals surface area contributed by atoms with Crippen LogP contribution >= 0.6 is 0 Å². The van der Waals surface area contributed by atoms with E-state index in [1.165, 1.54) is 12.0 Å². The van der Waals surface area contributed by atoms with Crippen molar-refractivity contribution in [1.82, 2.24) is 5.32 Å². The smallest absolute Gasteiger partial charge is 0.124 e. The first-order chi connectivity index (χ1) is 8.92. The molecule has 3 heteroatoms. The van der Waals surface area contributed by atoms with Gasteiger partial charge in [-0.1, -0.05) is 31.5 Å². The molecule has 3 nitrogen and oxygen atoms in total. The predicted octanol–water partition coefficient (Wildman–Crippen LogP) is 2.92. The van der Waals surface area contributed by atoms with E-state index in [2.05, 4.69) is 24.4 Å². The molecule has 0 saturated carbocycles.